The number of rotatable bonds is 8. The van der Waals surface area contributed by atoms with Crippen molar-refractivity contribution in [1.29, 1.82) is 0 Å². The van der Waals surface area contributed by atoms with Gasteiger partial charge in [0.2, 0.25) is 5.91 Å². The summed E-state index contributed by atoms with van der Waals surface area (Å²) in [6, 6.07) is 5.43. The zero-order valence-electron chi connectivity index (χ0n) is 19.6. The normalized spacial score (nSPS) is 25.8. The second-order valence-corrected chi connectivity index (χ2v) is 9.32. The van der Waals surface area contributed by atoms with Crippen LogP contribution in [-0.4, -0.2) is 90.6 Å². The maximum absolute atomic E-state index is 11.4. The van der Waals surface area contributed by atoms with Crippen LogP contribution >= 0.6 is 0 Å². The molecule has 0 saturated carbocycles. The lowest BCUT2D eigenvalue weighted by molar-refractivity contribution is -0.120. The fourth-order valence-corrected chi connectivity index (χ4v) is 4.59. The van der Waals surface area contributed by atoms with Gasteiger partial charge in [-0.2, -0.15) is 0 Å². The fraction of sp³-hybridized carbons (Fsp3) is 0.708. The molecule has 1 aromatic rings. The highest BCUT2D eigenvalue weighted by Crippen LogP contribution is 2.29. The number of nitrogens with zero attached hydrogens (tertiary/aromatic N) is 2. The van der Waals surface area contributed by atoms with Gasteiger partial charge in [-0.05, 0) is 56.0 Å². The number of hydrogen-bond acceptors (Lipinski definition) is 7. The number of hydrogen-bond donors (Lipinski definition) is 3. The number of benzene rings is 1. The molecule has 2 saturated heterocycles. The predicted molar refractivity (Wildman–Crippen MR) is 123 cm³/mol. The van der Waals surface area contributed by atoms with E-state index in [-0.39, 0.29) is 5.91 Å². The van der Waals surface area contributed by atoms with Gasteiger partial charge in [0.05, 0.1) is 25.4 Å². The molecule has 3 rings (SSSR count). The molecule has 32 heavy (non-hydrogen) atoms. The first-order chi connectivity index (χ1) is 15.3. The molecule has 1 aromatic carbocycles. The smallest absolute Gasteiger partial charge is 0.217 e. The number of methoxy groups -OCH3 is 1. The first-order valence-electron chi connectivity index (χ1n) is 11.7. The predicted octanol–water partition coefficient (Wildman–Crippen LogP) is 1.24. The van der Waals surface area contributed by atoms with E-state index in [1.807, 2.05) is 23.1 Å². The second kappa shape index (κ2) is 11.8. The zero-order valence-corrected chi connectivity index (χ0v) is 19.6. The lowest BCUT2D eigenvalue weighted by atomic mass is 9.99. The van der Waals surface area contributed by atoms with Crippen LogP contribution < -0.4 is 14.8 Å². The van der Waals surface area contributed by atoms with Gasteiger partial charge in [-0.1, -0.05) is 13.0 Å². The minimum atomic E-state index is -0.738. The van der Waals surface area contributed by atoms with Crippen LogP contribution in [0.2, 0.25) is 0 Å². The Morgan fingerprint density at radius 3 is 2.59 bits per heavy atom. The molecule has 2 fully saturated rings. The van der Waals surface area contributed by atoms with Crippen LogP contribution in [0, 0.1) is 5.92 Å². The van der Waals surface area contributed by atoms with Crippen LogP contribution in [0.15, 0.2) is 18.2 Å². The maximum Gasteiger partial charge on any atom is 0.217 e. The molecule has 0 aliphatic carbocycles. The van der Waals surface area contributed by atoms with Crippen molar-refractivity contribution in [2.24, 2.45) is 5.92 Å². The van der Waals surface area contributed by atoms with Gasteiger partial charge in [0.15, 0.2) is 11.5 Å². The first kappa shape index (κ1) is 24.8. The van der Waals surface area contributed by atoms with Crippen molar-refractivity contribution < 1.29 is 24.5 Å². The number of nitrogens with one attached hydrogen (secondary N) is 1. The van der Waals surface area contributed by atoms with Crippen molar-refractivity contribution in [3.05, 3.63) is 23.8 Å². The molecule has 180 valence electrons. The van der Waals surface area contributed by atoms with E-state index < -0.39 is 18.2 Å². The number of carbonyl (C=O) groups excluding carboxylic acids is 1. The van der Waals surface area contributed by atoms with E-state index in [0.29, 0.717) is 38.4 Å². The third-order valence-corrected chi connectivity index (χ3v) is 6.47. The number of carbonyl (C=O) groups is 1. The highest BCUT2D eigenvalue weighted by molar-refractivity contribution is 5.73. The Kier molecular flexibility index (Phi) is 9.16. The topological polar surface area (TPSA) is 94.5 Å². The summed E-state index contributed by atoms with van der Waals surface area (Å²) >= 11 is 0. The van der Waals surface area contributed by atoms with Crippen LogP contribution in [0.4, 0.5) is 0 Å². The minimum Gasteiger partial charge on any atom is -0.493 e. The Morgan fingerprint density at radius 1 is 1.16 bits per heavy atom. The summed E-state index contributed by atoms with van der Waals surface area (Å²) < 4.78 is 11.6. The van der Waals surface area contributed by atoms with E-state index >= 15 is 0 Å². The molecule has 3 atom stereocenters. The van der Waals surface area contributed by atoms with Crippen molar-refractivity contribution in [2.75, 3.05) is 46.4 Å². The van der Waals surface area contributed by atoms with Gasteiger partial charge in [0, 0.05) is 33.1 Å². The summed E-state index contributed by atoms with van der Waals surface area (Å²) in [4.78, 5) is 15.8. The van der Waals surface area contributed by atoms with E-state index in [0.717, 1.165) is 36.9 Å². The quantitative estimate of drug-likeness (QED) is 0.550. The van der Waals surface area contributed by atoms with E-state index in [4.69, 9.17) is 9.47 Å². The molecular formula is C24H39N3O5. The van der Waals surface area contributed by atoms with Crippen molar-refractivity contribution in [3.8, 4) is 11.5 Å². The maximum atomic E-state index is 11.4. The van der Waals surface area contributed by atoms with Crippen molar-refractivity contribution in [2.45, 2.75) is 57.9 Å². The molecule has 2 aliphatic rings. The molecule has 3 N–H and O–H groups in total. The Hall–Kier alpha value is -1.87. The molecule has 2 heterocycles. The van der Waals surface area contributed by atoms with Crippen LogP contribution in [0.1, 0.15) is 38.7 Å². The molecular weight excluding hydrogens is 410 g/mol. The summed E-state index contributed by atoms with van der Waals surface area (Å²) in [7, 11) is 1.63. The van der Waals surface area contributed by atoms with Crippen LogP contribution in [-0.2, 0) is 11.3 Å². The first-order valence-corrected chi connectivity index (χ1v) is 11.7. The SMILES string of the molecule is COc1cc(CN2C[C@H](O)C[C@@H](NC(C)=O)[C@H](O)C2)ccc1OCCN1CCC(C)CC1. The Bertz CT molecular complexity index is 738. The van der Waals surface area contributed by atoms with E-state index in [1.54, 1.807) is 7.11 Å². The van der Waals surface area contributed by atoms with E-state index in [9.17, 15) is 15.0 Å². The van der Waals surface area contributed by atoms with Gasteiger partial charge < -0.3 is 25.0 Å². The highest BCUT2D eigenvalue weighted by atomic mass is 16.5. The number of ether oxygens (including phenoxy) is 2. The number of aliphatic hydroxyl groups is 2. The molecule has 2 aliphatic heterocycles. The number of β-amino-alcohol motifs (C(OH)–C–C–N with tert-alkyl or cyclic N) is 2. The summed E-state index contributed by atoms with van der Waals surface area (Å²) in [5, 5.41) is 23.6. The third-order valence-electron chi connectivity index (χ3n) is 6.47. The molecule has 0 spiro atoms. The Balaban J connectivity index is 1.55. The second-order valence-electron chi connectivity index (χ2n) is 9.32. The van der Waals surface area contributed by atoms with Gasteiger partial charge in [0.25, 0.3) is 0 Å². The minimum absolute atomic E-state index is 0.204. The van der Waals surface area contributed by atoms with Gasteiger partial charge in [-0.25, -0.2) is 0 Å². The van der Waals surface area contributed by atoms with Gasteiger partial charge >= 0.3 is 0 Å². The largest absolute Gasteiger partial charge is 0.493 e. The molecule has 0 unspecified atom stereocenters. The standard InChI is InChI=1S/C24H39N3O5/c1-17-6-8-26(9-7-17)10-11-32-23-5-4-19(12-24(23)31-3)14-27-15-20(29)13-21(22(30)16-27)25-18(2)28/h4-5,12,17,20-22,29-30H,6-11,13-16H2,1-3H3,(H,25,28)/t20-,21-,22-/m1/s1. The molecule has 0 bridgehead atoms. The summed E-state index contributed by atoms with van der Waals surface area (Å²) in [6.07, 6.45) is 1.49. The number of piperidine rings is 1. The zero-order chi connectivity index (χ0) is 23.1. The molecule has 8 nitrogen and oxygen atoms in total. The molecule has 0 aromatic heterocycles. The van der Waals surface area contributed by atoms with E-state index in [2.05, 4.69) is 17.1 Å². The van der Waals surface area contributed by atoms with Gasteiger partial charge in [0.1, 0.15) is 6.61 Å². The lowest BCUT2D eigenvalue weighted by Gasteiger charge is -2.30. The average Bonchev–Trinajstić information content (AvgIpc) is 2.87. The molecule has 0 radical (unpaired) electrons. The molecule has 8 heteroatoms. The van der Waals surface area contributed by atoms with Crippen LogP contribution in [0.5, 0.6) is 11.5 Å². The van der Waals surface area contributed by atoms with E-state index in [1.165, 1.54) is 19.8 Å². The van der Waals surface area contributed by atoms with Crippen molar-refractivity contribution in [1.82, 2.24) is 15.1 Å². The third kappa shape index (κ3) is 7.33. The Morgan fingerprint density at radius 2 is 1.91 bits per heavy atom. The Labute approximate surface area is 191 Å². The number of amides is 1. The number of likely N-dealkylation sites (tertiary alicyclic amines) is 2. The lowest BCUT2D eigenvalue weighted by Crippen LogP contribution is -2.45. The van der Waals surface area contributed by atoms with Crippen molar-refractivity contribution in [3.63, 3.8) is 0 Å². The molecule has 1 amide bonds. The summed E-state index contributed by atoms with van der Waals surface area (Å²) in [5.74, 6) is 2.03. The van der Waals surface area contributed by atoms with Crippen LogP contribution in [0.3, 0.4) is 0 Å². The highest BCUT2D eigenvalue weighted by Gasteiger charge is 2.30. The summed E-state index contributed by atoms with van der Waals surface area (Å²) in [5.41, 5.74) is 1.01. The summed E-state index contributed by atoms with van der Waals surface area (Å²) in [6.45, 7) is 8.91. The monoisotopic (exact) mass is 449 g/mol. The van der Waals surface area contributed by atoms with Crippen LogP contribution in [0.25, 0.3) is 0 Å². The van der Waals surface area contributed by atoms with Gasteiger partial charge in [-0.3, -0.25) is 14.6 Å². The fourth-order valence-electron chi connectivity index (χ4n) is 4.59. The van der Waals surface area contributed by atoms with Gasteiger partial charge in [-0.15, -0.1) is 0 Å². The van der Waals surface area contributed by atoms with Crippen molar-refractivity contribution >= 4 is 5.91 Å². The average molecular weight is 450 g/mol. The number of aliphatic hydroxyl groups excluding tert-OH is 2.